The van der Waals surface area contributed by atoms with Gasteiger partial charge in [0.15, 0.2) is 6.61 Å². The van der Waals surface area contributed by atoms with Gasteiger partial charge in [-0.15, -0.1) is 0 Å². The van der Waals surface area contributed by atoms with Crippen molar-refractivity contribution in [3.05, 3.63) is 36.0 Å². The van der Waals surface area contributed by atoms with E-state index in [9.17, 15) is 20.1 Å². The molecule has 5 N–H and O–H groups in total. The number of rotatable bonds is 11. The van der Waals surface area contributed by atoms with Crippen molar-refractivity contribution in [1.82, 2.24) is 10.3 Å². The van der Waals surface area contributed by atoms with Crippen LogP contribution >= 0.6 is 0 Å². The third-order valence-electron chi connectivity index (χ3n) is 5.14. The van der Waals surface area contributed by atoms with E-state index >= 15 is 0 Å². The summed E-state index contributed by atoms with van der Waals surface area (Å²) in [6, 6.07) is 7.30. The number of benzene rings is 1. The number of fused-ring (bicyclic) bond motifs is 1. The van der Waals surface area contributed by atoms with Crippen LogP contribution in [0.25, 0.3) is 10.9 Å². The molecule has 2 rings (SSSR count). The number of aliphatic hydroxyl groups is 3. The van der Waals surface area contributed by atoms with E-state index < -0.39 is 42.3 Å². The van der Waals surface area contributed by atoms with E-state index in [4.69, 9.17) is 9.57 Å². The van der Waals surface area contributed by atoms with E-state index in [2.05, 4.69) is 15.5 Å². The number of para-hydroxylation sites is 1. The van der Waals surface area contributed by atoms with Gasteiger partial charge in [-0.3, -0.25) is 4.79 Å². The van der Waals surface area contributed by atoms with Crippen molar-refractivity contribution in [2.24, 2.45) is 10.6 Å². The number of hydrogen-bond acceptors (Lipinski definition) is 7. The number of aliphatic hydroxyl groups excluding tert-OH is 3. The molecule has 1 amide bonds. The van der Waals surface area contributed by atoms with Gasteiger partial charge in [-0.1, -0.05) is 44.1 Å². The number of methoxy groups -OCH3 is 1. The molecule has 0 bridgehead atoms. The van der Waals surface area contributed by atoms with Gasteiger partial charge in [-0.05, 0) is 30.4 Å². The van der Waals surface area contributed by atoms with Crippen molar-refractivity contribution in [2.75, 3.05) is 20.3 Å². The third kappa shape index (κ3) is 6.77. The summed E-state index contributed by atoms with van der Waals surface area (Å²) in [4.78, 5) is 20.7. The molecule has 0 spiro atoms. The topological polar surface area (TPSA) is 136 Å². The molecule has 0 saturated heterocycles. The van der Waals surface area contributed by atoms with Crippen LogP contribution in [0.1, 0.15) is 33.3 Å². The number of amides is 1. The maximum Gasteiger partial charge on any atom is 0.261 e. The fraction of sp³-hybridized carbons (Fsp3) is 0.565. The lowest BCUT2D eigenvalue weighted by atomic mass is 9.83. The van der Waals surface area contributed by atoms with Crippen molar-refractivity contribution >= 4 is 22.5 Å². The number of ether oxygens (including phenoxy) is 1. The molecule has 0 saturated carbocycles. The lowest BCUT2D eigenvalue weighted by molar-refractivity contribution is -0.126. The summed E-state index contributed by atoms with van der Waals surface area (Å²) < 4.78 is 5.46. The van der Waals surface area contributed by atoms with Gasteiger partial charge in [-0.25, -0.2) is 0 Å². The number of carbonyl (C=O) groups is 1. The second-order valence-corrected chi connectivity index (χ2v) is 8.97. The smallest absolute Gasteiger partial charge is 0.261 e. The highest BCUT2D eigenvalue weighted by atomic mass is 16.6. The Morgan fingerprint density at radius 2 is 1.94 bits per heavy atom. The molecule has 0 radical (unpaired) electrons. The largest absolute Gasteiger partial charge is 0.394 e. The number of oxime groups is 1. The van der Waals surface area contributed by atoms with Gasteiger partial charge in [-0.2, -0.15) is 0 Å². The molecule has 4 atom stereocenters. The summed E-state index contributed by atoms with van der Waals surface area (Å²) in [5.74, 6) is -0.469. The Labute approximate surface area is 188 Å². The second kappa shape index (κ2) is 11.4. The maximum atomic E-state index is 12.4. The van der Waals surface area contributed by atoms with Crippen molar-refractivity contribution in [3.63, 3.8) is 0 Å². The molecule has 1 heterocycles. The van der Waals surface area contributed by atoms with Gasteiger partial charge in [0.25, 0.3) is 5.91 Å². The number of nitrogens with one attached hydrogen (secondary N) is 2. The molecule has 0 aliphatic rings. The van der Waals surface area contributed by atoms with Crippen molar-refractivity contribution in [2.45, 2.75) is 58.5 Å². The lowest BCUT2D eigenvalue weighted by Crippen LogP contribution is -2.46. The molecular weight excluding hydrogens is 414 g/mol. The molecule has 32 heavy (non-hydrogen) atoms. The highest BCUT2D eigenvalue weighted by Crippen LogP contribution is 2.25. The first kappa shape index (κ1) is 25.8. The number of aromatic nitrogens is 1. The van der Waals surface area contributed by atoms with Crippen LogP contribution in [0.5, 0.6) is 0 Å². The fourth-order valence-electron chi connectivity index (χ4n) is 3.58. The Hall–Kier alpha value is -2.46. The van der Waals surface area contributed by atoms with E-state index in [0.717, 1.165) is 16.5 Å². The molecule has 2 aromatic rings. The Balaban J connectivity index is 2.02. The molecule has 178 valence electrons. The zero-order valence-corrected chi connectivity index (χ0v) is 19.3. The maximum absolute atomic E-state index is 12.4. The molecule has 1 aromatic heterocycles. The Bertz CT molecular complexity index is 903. The van der Waals surface area contributed by atoms with Gasteiger partial charge in [0.05, 0.1) is 18.8 Å². The zero-order chi connectivity index (χ0) is 23.9. The Kier molecular flexibility index (Phi) is 9.21. The van der Waals surface area contributed by atoms with Crippen LogP contribution in [0, 0.1) is 5.41 Å². The van der Waals surface area contributed by atoms with Crippen molar-refractivity contribution in [3.8, 4) is 0 Å². The standard InChI is InChI=1S/C23H35N3O6/c1-14(28)21(30)20(22(31-5)23(2,3)4)26-32-13-19(29)25-16(12-27)10-15-11-24-18-9-7-6-8-17(15)18/h6-9,11,14,16,21-22,24,27-28,30H,10,12-13H2,1-5H3,(H,25,29)/b26-20+/t14?,16-,21?,22+/m0/s1. The average molecular weight is 450 g/mol. The predicted octanol–water partition coefficient (Wildman–Crippen LogP) is 1.36. The van der Waals surface area contributed by atoms with Crippen LogP contribution in [0.3, 0.4) is 0 Å². The first-order valence-corrected chi connectivity index (χ1v) is 10.6. The van der Waals surface area contributed by atoms with Crippen LogP contribution in [0.4, 0.5) is 0 Å². The number of aromatic amines is 1. The summed E-state index contributed by atoms with van der Waals surface area (Å²) in [6.07, 6.45) is -0.740. The minimum atomic E-state index is -1.31. The van der Waals surface area contributed by atoms with Crippen LogP contribution < -0.4 is 5.32 Å². The molecule has 0 aliphatic heterocycles. The molecular formula is C23H35N3O6. The Morgan fingerprint density at radius 1 is 1.25 bits per heavy atom. The SMILES string of the molecule is CO[C@H](/C(=N/OCC(=O)N[C@H](CO)Cc1c[nH]c2ccccc12)C(O)C(C)O)C(C)(C)C. The van der Waals surface area contributed by atoms with Crippen molar-refractivity contribution in [1.29, 1.82) is 0 Å². The quantitative estimate of drug-likeness (QED) is 0.260. The van der Waals surface area contributed by atoms with Gasteiger partial charge < -0.3 is 35.2 Å². The summed E-state index contributed by atoms with van der Waals surface area (Å²) in [7, 11) is 1.48. The number of nitrogens with zero attached hydrogens (tertiary/aromatic N) is 1. The molecule has 0 aliphatic carbocycles. The van der Waals surface area contributed by atoms with E-state index in [1.807, 2.05) is 51.2 Å². The molecule has 0 fully saturated rings. The Morgan fingerprint density at radius 3 is 2.53 bits per heavy atom. The predicted molar refractivity (Wildman–Crippen MR) is 122 cm³/mol. The summed E-state index contributed by atoms with van der Waals surface area (Å²) in [5, 5.41) is 37.6. The van der Waals surface area contributed by atoms with E-state index in [0.29, 0.717) is 6.42 Å². The van der Waals surface area contributed by atoms with E-state index in [-0.39, 0.29) is 12.3 Å². The molecule has 1 aromatic carbocycles. The highest BCUT2D eigenvalue weighted by Gasteiger charge is 2.35. The van der Waals surface area contributed by atoms with Gasteiger partial charge in [0.1, 0.15) is 17.9 Å². The minimum Gasteiger partial charge on any atom is -0.394 e. The van der Waals surface area contributed by atoms with E-state index in [1.165, 1.54) is 14.0 Å². The van der Waals surface area contributed by atoms with Gasteiger partial charge in [0.2, 0.25) is 0 Å². The molecule has 2 unspecified atom stereocenters. The zero-order valence-electron chi connectivity index (χ0n) is 19.3. The van der Waals surface area contributed by atoms with Crippen LogP contribution in [-0.2, 0) is 20.8 Å². The lowest BCUT2D eigenvalue weighted by Gasteiger charge is -2.32. The minimum absolute atomic E-state index is 0.0975. The number of H-pyrrole nitrogens is 1. The number of hydrogen-bond donors (Lipinski definition) is 5. The summed E-state index contributed by atoms with van der Waals surface area (Å²) in [5.41, 5.74) is 1.63. The van der Waals surface area contributed by atoms with Crippen LogP contribution in [-0.4, -0.2) is 76.6 Å². The van der Waals surface area contributed by atoms with Crippen LogP contribution in [0.15, 0.2) is 35.6 Å². The molecule has 9 heteroatoms. The number of carbonyl (C=O) groups excluding carboxylic acids is 1. The second-order valence-electron chi connectivity index (χ2n) is 8.97. The average Bonchev–Trinajstić information content (AvgIpc) is 3.14. The third-order valence-corrected chi connectivity index (χ3v) is 5.14. The van der Waals surface area contributed by atoms with E-state index in [1.54, 1.807) is 0 Å². The normalized spacial score (nSPS) is 16.4. The fourth-order valence-corrected chi connectivity index (χ4v) is 3.58. The highest BCUT2D eigenvalue weighted by molar-refractivity contribution is 5.93. The molecule has 9 nitrogen and oxygen atoms in total. The van der Waals surface area contributed by atoms with Crippen molar-refractivity contribution < 1.29 is 29.7 Å². The first-order valence-electron chi connectivity index (χ1n) is 10.6. The summed E-state index contributed by atoms with van der Waals surface area (Å²) >= 11 is 0. The van der Waals surface area contributed by atoms with Gasteiger partial charge in [0, 0.05) is 24.2 Å². The van der Waals surface area contributed by atoms with Crippen LogP contribution in [0.2, 0.25) is 0 Å². The summed E-state index contributed by atoms with van der Waals surface area (Å²) in [6.45, 7) is 6.47. The monoisotopic (exact) mass is 449 g/mol. The first-order chi connectivity index (χ1) is 15.1. The van der Waals surface area contributed by atoms with Gasteiger partial charge >= 0.3 is 0 Å².